The summed E-state index contributed by atoms with van der Waals surface area (Å²) in [6.45, 7) is 9.65. The molecule has 0 atom stereocenters. The highest BCUT2D eigenvalue weighted by Gasteiger charge is 2.17. The minimum Gasteiger partial charge on any atom is -0.494 e. The van der Waals surface area contributed by atoms with Crippen LogP contribution in [0.2, 0.25) is 0 Å². The van der Waals surface area contributed by atoms with Gasteiger partial charge in [0.25, 0.3) is 15.9 Å². The molecule has 29 heavy (non-hydrogen) atoms. The van der Waals surface area contributed by atoms with E-state index >= 15 is 0 Å². The molecule has 0 aliphatic rings. The van der Waals surface area contributed by atoms with E-state index in [0.29, 0.717) is 29.4 Å². The summed E-state index contributed by atoms with van der Waals surface area (Å²) in [5.41, 5.74) is 0.702. The number of carbonyl (C=O) groups excluding carboxylic acids is 1. The van der Waals surface area contributed by atoms with Gasteiger partial charge in [-0.3, -0.25) is 9.52 Å². The number of sulfonamides is 1. The quantitative estimate of drug-likeness (QED) is 0.682. The first kappa shape index (κ1) is 22.5. The van der Waals surface area contributed by atoms with Crippen molar-refractivity contribution in [1.82, 2.24) is 5.32 Å². The van der Waals surface area contributed by atoms with E-state index in [9.17, 15) is 13.2 Å². The molecule has 0 saturated heterocycles. The third kappa shape index (κ3) is 6.98. The smallest absolute Gasteiger partial charge is 0.261 e. The van der Waals surface area contributed by atoms with Crippen LogP contribution in [0.25, 0.3) is 0 Å². The zero-order chi connectivity index (χ0) is 21.7. The maximum atomic E-state index is 12.7. The first-order chi connectivity index (χ1) is 13.5. The average Bonchev–Trinajstić information content (AvgIpc) is 2.61. The van der Waals surface area contributed by atoms with E-state index in [0.717, 1.165) is 0 Å². The zero-order valence-corrected chi connectivity index (χ0v) is 18.2. The molecule has 0 aliphatic heterocycles. The van der Waals surface area contributed by atoms with Crippen LogP contribution < -0.4 is 19.5 Å². The molecule has 0 aliphatic carbocycles. The third-order valence-corrected chi connectivity index (χ3v) is 5.13. The summed E-state index contributed by atoms with van der Waals surface area (Å²) < 4.78 is 38.7. The Balaban J connectivity index is 2.06. The lowest BCUT2D eigenvalue weighted by atomic mass is 10.1. The van der Waals surface area contributed by atoms with Crippen LogP contribution in [0.3, 0.4) is 0 Å². The second kappa shape index (κ2) is 9.17. The van der Waals surface area contributed by atoms with Crippen molar-refractivity contribution in [2.45, 2.75) is 45.1 Å². The molecule has 0 unspecified atom stereocenters. The summed E-state index contributed by atoms with van der Waals surface area (Å²) in [5.74, 6) is 0.878. The molecule has 2 aromatic carbocycles. The van der Waals surface area contributed by atoms with E-state index in [1.807, 2.05) is 27.7 Å². The summed E-state index contributed by atoms with van der Waals surface area (Å²) in [7, 11) is -3.76. The minimum absolute atomic E-state index is 0.107. The van der Waals surface area contributed by atoms with Crippen LogP contribution in [0.4, 0.5) is 5.69 Å². The molecule has 0 saturated carbocycles. The van der Waals surface area contributed by atoms with Crippen molar-refractivity contribution in [3.8, 4) is 11.5 Å². The van der Waals surface area contributed by atoms with Crippen LogP contribution in [0, 0.1) is 6.92 Å². The van der Waals surface area contributed by atoms with E-state index in [1.165, 1.54) is 12.1 Å². The number of ether oxygens (including phenoxy) is 2. The minimum atomic E-state index is -3.76. The number of aryl methyl sites for hydroxylation is 1. The van der Waals surface area contributed by atoms with Crippen molar-refractivity contribution in [2.24, 2.45) is 0 Å². The molecule has 7 nitrogen and oxygen atoms in total. The predicted octanol–water partition coefficient (Wildman–Crippen LogP) is 3.49. The Labute approximate surface area is 172 Å². The van der Waals surface area contributed by atoms with Gasteiger partial charge >= 0.3 is 0 Å². The van der Waals surface area contributed by atoms with Gasteiger partial charge in [0, 0.05) is 11.2 Å². The fourth-order valence-electron chi connectivity index (χ4n) is 2.55. The average molecular weight is 421 g/mol. The Kier molecular flexibility index (Phi) is 7.13. The molecule has 0 spiro atoms. The van der Waals surface area contributed by atoms with Gasteiger partial charge in [-0.15, -0.1) is 0 Å². The van der Waals surface area contributed by atoms with Crippen molar-refractivity contribution < 1.29 is 22.7 Å². The van der Waals surface area contributed by atoms with Crippen LogP contribution in [-0.4, -0.2) is 33.1 Å². The molecule has 0 bridgehead atoms. The van der Waals surface area contributed by atoms with Crippen LogP contribution >= 0.6 is 0 Å². The highest BCUT2D eigenvalue weighted by atomic mass is 32.2. The molecule has 1 amide bonds. The second-order valence-electron chi connectivity index (χ2n) is 7.58. The fraction of sp³-hybridized carbons (Fsp3) is 0.381. The molecule has 158 valence electrons. The first-order valence-electron chi connectivity index (χ1n) is 9.30. The fourth-order valence-corrected chi connectivity index (χ4v) is 3.69. The summed E-state index contributed by atoms with van der Waals surface area (Å²) in [6, 6.07) is 11.2. The zero-order valence-electron chi connectivity index (χ0n) is 17.4. The van der Waals surface area contributed by atoms with E-state index in [1.54, 1.807) is 37.3 Å². The van der Waals surface area contributed by atoms with Gasteiger partial charge in [0.1, 0.15) is 11.5 Å². The number of rotatable bonds is 8. The summed E-state index contributed by atoms with van der Waals surface area (Å²) in [5, 5.41) is 2.80. The number of benzene rings is 2. The Hall–Kier alpha value is -2.74. The summed E-state index contributed by atoms with van der Waals surface area (Å²) >= 11 is 0. The number of anilines is 1. The molecule has 2 rings (SSSR count). The Morgan fingerprint density at radius 3 is 2.24 bits per heavy atom. The van der Waals surface area contributed by atoms with Crippen LogP contribution in [-0.2, 0) is 14.8 Å². The molecule has 2 aromatic rings. The number of carbonyl (C=O) groups is 1. The van der Waals surface area contributed by atoms with E-state index in [-0.39, 0.29) is 22.9 Å². The third-order valence-electron chi connectivity index (χ3n) is 3.75. The van der Waals surface area contributed by atoms with Gasteiger partial charge in [0.15, 0.2) is 6.61 Å². The van der Waals surface area contributed by atoms with Gasteiger partial charge in [-0.05, 0) is 82.6 Å². The highest BCUT2D eigenvalue weighted by molar-refractivity contribution is 7.92. The molecule has 2 N–H and O–H groups in total. The van der Waals surface area contributed by atoms with Gasteiger partial charge in [-0.25, -0.2) is 8.42 Å². The lowest BCUT2D eigenvalue weighted by molar-refractivity contribution is -0.124. The Bertz CT molecular complexity index is 948. The van der Waals surface area contributed by atoms with Crippen LogP contribution in [0.15, 0.2) is 47.4 Å². The van der Waals surface area contributed by atoms with Crippen molar-refractivity contribution >= 4 is 21.6 Å². The molecule has 0 radical (unpaired) electrons. The van der Waals surface area contributed by atoms with Crippen molar-refractivity contribution in [2.75, 3.05) is 17.9 Å². The SMILES string of the molecule is CCOc1ccc(NS(=O)(=O)c2ccc(OCC(=O)NC(C)(C)C)c(C)c2)cc1. The lowest BCUT2D eigenvalue weighted by Gasteiger charge is -2.20. The van der Waals surface area contributed by atoms with Gasteiger partial charge < -0.3 is 14.8 Å². The van der Waals surface area contributed by atoms with Crippen molar-refractivity contribution in [1.29, 1.82) is 0 Å². The van der Waals surface area contributed by atoms with Crippen molar-refractivity contribution in [3.05, 3.63) is 48.0 Å². The number of hydrogen-bond acceptors (Lipinski definition) is 5. The monoisotopic (exact) mass is 420 g/mol. The maximum Gasteiger partial charge on any atom is 0.261 e. The molecule has 0 aromatic heterocycles. The van der Waals surface area contributed by atoms with Crippen LogP contribution in [0.5, 0.6) is 11.5 Å². The highest BCUT2D eigenvalue weighted by Crippen LogP contribution is 2.24. The lowest BCUT2D eigenvalue weighted by Crippen LogP contribution is -2.43. The standard InChI is InChI=1S/C21H28N2O5S/c1-6-27-17-9-7-16(8-10-17)23-29(25,26)18-11-12-19(15(2)13-18)28-14-20(24)22-21(3,4)5/h7-13,23H,6,14H2,1-5H3,(H,22,24). The normalized spacial score (nSPS) is 11.6. The predicted molar refractivity (Wildman–Crippen MR) is 113 cm³/mol. The summed E-state index contributed by atoms with van der Waals surface area (Å²) in [4.78, 5) is 12.0. The van der Waals surface area contributed by atoms with Gasteiger partial charge in [-0.1, -0.05) is 0 Å². The Morgan fingerprint density at radius 1 is 1.03 bits per heavy atom. The largest absolute Gasteiger partial charge is 0.494 e. The molecular formula is C21H28N2O5S. The molecular weight excluding hydrogens is 392 g/mol. The first-order valence-corrected chi connectivity index (χ1v) is 10.8. The topological polar surface area (TPSA) is 93.7 Å². The Morgan fingerprint density at radius 2 is 1.69 bits per heavy atom. The molecule has 0 heterocycles. The number of amides is 1. The van der Waals surface area contributed by atoms with E-state index < -0.39 is 10.0 Å². The van der Waals surface area contributed by atoms with Crippen molar-refractivity contribution in [3.63, 3.8) is 0 Å². The molecule has 8 heteroatoms. The maximum absolute atomic E-state index is 12.7. The molecule has 0 fully saturated rings. The summed E-state index contributed by atoms with van der Waals surface area (Å²) in [6.07, 6.45) is 0. The number of hydrogen-bond donors (Lipinski definition) is 2. The van der Waals surface area contributed by atoms with E-state index in [4.69, 9.17) is 9.47 Å². The van der Waals surface area contributed by atoms with Crippen LogP contribution in [0.1, 0.15) is 33.3 Å². The number of nitrogens with one attached hydrogen (secondary N) is 2. The van der Waals surface area contributed by atoms with Gasteiger partial charge in [0.05, 0.1) is 11.5 Å². The van der Waals surface area contributed by atoms with Gasteiger partial charge in [-0.2, -0.15) is 0 Å². The second-order valence-corrected chi connectivity index (χ2v) is 9.26. The van der Waals surface area contributed by atoms with Gasteiger partial charge in [0.2, 0.25) is 0 Å². The van der Waals surface area contributed by atoms with E-state index in [2.05, 4.69) is 10.0 Å².